The number of rotatable bonds is 0. The molecule has 1 rings (SSSR count). The summed E-state index contributed by atoms with van der Waals surface area (Å²) in [5.41, 5.74) is 0. The second-order valence-electron chi connectivity index (χ2n) is 3.53. The largest absolute Gasteiger partial charge is 0.571 e. The van der Waals surface area contributed by atoms with E-state index in [1.165, 1.54) is 0 Å². The fraction of sp³-hybridized carbons (Fsp3) is 1.00. The molecule has 0 saturated carbocycles. The minimum atomic E-state index is -0.523. The van der Waals surface area contributed by atoms with Crippen molar-refractivity contribution in [2.75, 3.05) is 0 Å². The summed E-state index contributed by atoms with van der Waals surface area (Å²) in [7, 11) is 1.92. The predicted molar refractivity (Wildman–Crippen MR) is 50.5 cm³/mol. The Morgan fingerprint density at radius 2 is 1.50 bits per heavy atom. The van der Waals surface area contributed by atoms with Gasteiger partial charge in [0.25, 0.3) is 0 Å². The topological polar surface area (TPSA) is 18.5 Å². The van der Waals surface area contributed by atoms with Gasteiger partial charge in [0.05, 0.1) is 10.4 Å². The Kier molecular flexibility index (Phi) is 2.07. The van der Waals surface area contributed by atoms with Crippen LogP contribution in [0.5, 0.6) is 0 Å². The molecule has 0 aliphatic carbocycles. The van der Waals surface area contributed by atoms with E-state index in [2.05, 4.69) is 13.8 Å². The van der Waals surface area contributed by atoms with Gasteiger partial charge in [0.15, 0.2) is 0 Å². The van der Waals surface area contributed by atoms with Gasteiger partial charge in [-0.2, -0.15) is 0 Å². The molecule has 0 bridgehead atoms. The molecule has 0 aromatic heterocycles. The van der Waals surface area contributed by atoms with Crippen LogP contribution >= 0.6 is 11.5 Å². The first-order chi connectivity index (χ1) is 4.35. The van der Waals surface area contributed by atoms with Gasteiger partial charge in [-0.1, -0.05) is 0 Å². The molecule has 10 heavy (non-hydrogen) atoms. The van der Waals surface area contributed by atoms with Crippen LogP contribution in [-0.4, -0.2) is 37.5 Å². The Morgan fingerprint density at radius 3 is 1.60 bits per heavy atom. The third kappa shape index (κ3) is 1.33. The molecule has 1 heterocycles. The molecule has 0 amide bonds. The minimum Gasteiger partial charge on any atom is -0.394 e. The van der Waals surface area contributed by atoms with Crippen LogP contribution in [0.25, 0.3) is 0 Å². The van der Waals surface area contributed by atoms with E-state index in [1.807, 2.05) is 0 Å². The highest BCUT2D eigenvalue weighted by Gasteiger charge is 2.50. The van der Waals surface area contributed by atoms with Crippen molar-refractivity contribution >= 4 is 38.5 Å². The lowest BCUT2D eigenvalue weighted by Crippen LogP contribution is -2.48. The molecule has 1 saturated heterocycles. The zero-order valence-corrected chi connectivity index (χ0v) is 11.5. The highest BCUT2D eigenvalue weighted by molar-refractivity contribution is 7.00. The van der Waals surface area contributed by atoms with Crippen molar-refractivity contribution in [1.82, 2.24) is 0 Å². The third-order valence-corrected chi connectivity index (χ3v) is 6.28. The highest BCUT2D eigenvalue weighted by Crippen LogP contribution is 2.33. The molecule has 0 N–H and O–H groups in total. The lowest BCUT2D eigenvalue weighted by Gasteiger charge is -2.32. The Balaban J connectivity index is 2.78. The van der Waals surface area contributed by atoms with Crippen LogP contribution in [0.4, 0.5) is 0 Å². The quantitative estimate of drug-likeness (QED) is 0.434. The van der Waals surface area contributed by atoms with Crippen LogP contribution in [0, 0.1) is 0 Å². The average molecular weight is 195 g/mol. The maximum Gasteiger partial charge on any atom is 0.571 e. The van der Waals surface area contributed by atoms with Crippen molar-refractivity contribution in [2.24, 2.45) is 0 Å². The van der Waals surface area contributed by atoms with Gasteiger partial charge in [-0.05, 0) is 13.8 Å². The summed E-state index contributed by atoms with van der Waals surface area (Å²) in [6.07, 6.45) is 0. The Labute approximate surface area is 72.5 Å². The molecule has 1 fully saturated rings. The zero-order valence-electron chi connectivity index (χ0n) is 6.77. The fourth-order valence-corrected chi connectivity index (χ4v) is 2.18. The fourth-order valence-electron chi connectivity index (χ4n) is 0.771. The van der Waals surface area contributed by atoms with Crippen LogP contribution in [0.2, 0.25) is 0 Å². The van der Waals surface area contributed by atoms with Gasteiger partial charge >= 0.3 is 6.53 Å². The van der Waals surface area contributed by atoms with Crippen LogP contribution in [-0.2, 0) is 9.31 Å². The summed E-state index contributed by atoms with van der Waals surface area (Å²) < 4.78 is 10.8. The maximum absolute atomic E-state index is 5.68. The molecule has 0 aromatic carbocycles. The van der Waals surface area contributed by atoms with E-state index >= 15 is 0 Å². The predicted octanol–water partition coefficient (Wildman–Crippen LogP) is -1.58. The summed E-state index contributed by atoms with van der Waals surface area (Å²) in [6.45, 7) is 3.61. The molecular weight excluding hydrogens is 182 g/mol. The van der Waals surface area contributed by atoms with Crippen LogP contribution < -0.4 is 0 Å². The lowest BCUT2D eigenvalue weighted by atomic mass is 10.2. The van der Waals surface area contributed by atoms with Crippen molar-refractivity contribution in [1.29, 1.82) is 0 Å². The molecule has 2 atom stereocenters. The summed E-state index contributed by atoms with van der Waals surface area (Å²) in [4.78, 5) is 0. The minimum absolute atomic E-state index is 0.0916. The first kappa shape index (κ1) is 8.80. The van der Waals surface area contributed by atoms with E-state index in [4.69, 9.17) is 20.8 Å². The molecule has 1 aliphatic rings. The van der Waals surface area contributed by atoms with Gasteiger partial charge in [0.2, 0.25) is 0 Å². The molecule has 2 nitrogen and oxygen atoms in total. The highest BCUT2D eigenvalue weighted by atomic mass is 35.5. The number of hydrogen-bond donors (Lipinski definition) is 0. The second-order valence-corrected chi connectivity index (χ2v) is 7.70. The van der Waals surface area contributed by atoms with Gasteiger partial charge in [-0.15, -0.1) is 11.5 Å². The smallest absolute Gasteiger partial charge is 0.394 e. The van der Waals surface area contributed by atoms with E-state index < -0.39 is 6.53 Å². The van der Waals surface area contributed by atoms with E-state index in [9.17, 15) is 0 Å². The van der Waals surface area contributed by atoms with E-state index in [0.717, 1.165) is 20.5 Å². The molecule has 0 unspecified atom stereocenters. The van der Waals surface area contributed by atoms with E-state index in [-0.39, 0.29) is 10.4 Å². The molecule has 0 aromatic rings. The summed E-state index contributed by atoms with van der Waals surface area (Å²) in [5.74, 6) is 0. The molecule has 58 valence electrons. The molecular formula is C4H12BClO2Si2. The number of hydrogen-bond acceptors (Lipinski definition) is 2. The van der Waals surface area contributed by atoms with E-state index in [0.29, 0.717) is 0 Å². The van der Waals surface area contributed by atoms with Gasteiger partial charge in [-0.3, -0.25) is 0 Å². The average Bonchev–Trinajstić information content (AvgIpc) is 1.73. The van der Waals surface area contributed by atoms with Crippen molar-refractivity contribution in [3.05, 3.63) is 0 Å². The van der Waals surface area contributed by atoms with Gasteiger partial charge < -0.3 is 9.31 Å². The first-order valence-electron chi connectivity index (χ1n) is 3.35. The zero-order chi connectivity index (χ0) is 7.99. The van der Waals surface area contributed by atoms with Gasteiger partial charge in [-0.25, -0.2) is 0 Å². The van der Waals surface area contributed by atoms with Gasteiger partial charge in [0, 0.05) is 20.5 Å². The normalized spacial score (nSPS) is 48.9. The first-order valence-corrected chi connectivity index (χ1v) is 5.78. The SMILES string of the molecule is C[C@]1([SiH3])OB(Cl)O[C@@]1(C)[SiH3]. The standard InChI is InChI=1S/C4H12BClO2Si2/c1-3(9)4(2,10)8-5(6)7-3/h1-2,9-10H3/t3-,4+. The second kappa shape index (κ2) is 2.35. The number of halogens is 1. The molecule has 1 aliphatic heterocycles. The van der Waals surface area contributed by atoms with Crippen LogP contribution in [0.3, 0.4) is 0 Å². The maximum atomic E-state index is 5.68. The Hall–Kier alpha value is 0.709. The third-order valence-electron chi connectivity index (χ3n) is 2.22. The summed E-state index contributed by atoms with van der Waals surface area (Å²) in [5, 5.41) is -0.183. The van der Waals surface area contributed by atoms with Crippen molar-refractivity contribution in [2.45, 2.75) is 24.3 Å². The molecule has 0 spiro atoms. The van der Waals surface area contributed by atoms with Crippen LogP contribution in [0.15, 0.2) is 0 Å². The summed E-state index contributed by atoms with van der Waals surface area (Å²) in [6, 6.07) is 0. The van der Waals surface area contributed by atoms with E-state index in [1.54, 1.807) is 0 Å². The monoisotopic (exact) mass is 194 g/mol. The summed E-state index contributed by atoms with van der Waals surface area (Å²) >= 11 is 5.68. The van der Waals surface area contributed by atoms with Crippen molar-refractivity contribution in [3.8, 4) is 0 Å². The Bertz CT molecular complexity index is 136. The molecule has 6 heteroatoms. The van der Waals surface area contributed by atoms with Crippen molar-refractivity contribution in [3.63, 3.8) is 0 Å². The molecule has 0 radical (unpaired) electrons. The lowest BCUT2D eigenvalue weighted by molar-refractivity contribution is 0.111. The van der Waals surface area contributed by atoms with Crippen LogP contribution in [0.1, 0.15) is 13.8 Å². The van der Waals surface area contributed by atoms with Gasteiger partial charge in [0.1, 0.15) is 0 Å². The Morgan fingerprint density at radius 1 is 1.20 bits per heavy atom. The van der Waals surface area contributed by atoms with Crippen molar-refractivity contribution < 1.29 is 9.31 Å².